The Bertz CT molecular complexity index is 448. The molecule has 0 saturated heterocycles. The molecule has 1 aromatic rings. The summed E-state index contributed by atoms with van der Waals surface area (Å²) >= 11 is 4.73. The van der Waals surface area contributed by atoms with Gasteiger partial charge in [-0.2, -0.15) is 0 Å². The first-order valence-corrected chi connectivity index (χ1v) is 7.63. The molecule has 0 aliphatic heterocycles. The van der Waals surface area contributed by atoms with Gasteiger partial charge in [0.2, 0.25) is 10.0 Å². The van der Waals surface area contributed by atoms with E-state index in [-0.39, 0.29) is 5.75 Å². The average Bonchev–Trinajstić information content (AvgIpc) is 2.07. The lowest BCUT2D eigenvalue weighted by Gasteiger charge is -2.03. The molecular weight excluding hydrogens is 300 g/mol. The molecule has 4 nitrogen and oxygen atoms in total. The number of pyridine rings is 1. The molecule has 0 amide bonds. The molecule has 0 aromatic carbocycles. The standard InChI is InChI=1S/C8H11BrN2O2S2/c1-6-4-7(9)8(11-5-6)14-2-3-15(10,12)13/h4-5H,2-3H2,1H3,(H2,10,12,13). The molecule has 84 valence electrons. The van der Waals surface area contributed by atoms with Crippen LogP contribution in [-0.4, -0.2) is 24.9 Å². The van der Waals surface area contributed by atoms with Crippen molar-refractivity contribution in [2.24, 2.45) is 5.14 Å². The number of halogens is 1. The van der Waals surface area contributed by atoms with Crippen molar-refractivity contribution in [1.29, 1.82) is 0 Å². The summed E-state index contributed by atoms with van der Waals surface area (Å²) in [6.45, 7) is 1.94. The van der Waals surface area contributed by atoms with Gasteiger partial charge in [-0.25, -0.2) is 18.5 Å². The molecule has 0 radical (unpaired) electrons. The molecule has 0 aliphatic rings. The lowest BCUT2D eigenvalue weighted by atomic mass is 10.3. The largest absolute Gasteiger partial charge is 0.248 e. The number of aryl methyl sites for hydroxylation is 1. The van der Waals surface area contributed by atoms with E-state index in [1.54, 1.807) is 6.20 Å². The fraction of sp³-hybridized carbons (Fsp3) is 0.375. The topological polar surface area (TPSA) is 73.0 Å². The molecule has 0 aliphatic carbocycles. The van der Waals surface area contributed by atoms with Crippen molar-refractivity contribution in [2.45, 2.75) is 11.9 Å². The van der Waals surface area contributed by atoms with Crippen LogP contribution in [0.25, 0.3) is 0 Å². The number of rotatable bonds is 4. The van der Waals surface area contributed by atoms with Crippen LogP contribution in [0.15, 0.2) is 21.8 Å². The lowest BCUT2D eigenvalue weighted by molar-refractivity contribution is 0.599. The van der Waals surface area contributed by atoms with Crippen LogP contribution < -0.4 is 5.14 Å². The first-order chi connectivity index (χ1) is 6.88. The summed E-state index contributed by atoms with van der Waals surface area (Å²) < 4.78 is 22.3. The number of primary sulfonamides is 1. The van der Waals surface area contributed by atoms with Crippen molar-refractivity contribution < 1.29 is 8.42 Å². The van der Waals surface area contributed by atoms with E-state index >= 15 is 0 Å². The number of hydrogen-bond acceptors (Lipinski definition) is 4. The van der Waals surface area contributed by atoms with Crippen LogP contribution in [0, 0.1) is 6.92 Å². The maximum Gasteiger partial charge on any atom is 0.209 e. The van der Waals surface area contributed by atoms with E-state index in [1.807, 2.05) is 13.0 Å². The molecule has 0 fully saturated rings. The van der Waals surface area contributed by atoms with Crippen LogP contribution in [0.2, 0.25) is 0 Å². The van der Waals surface area contributed by atoms with E-state index < -0.39 is 10.0 Å². The molecule has 0 atom stereocenters. The third-order valence-electron chi connectivity index (χ3n) is 1.55. The Labute approximate surface area is 102 Å². The van der Waals surface area contributed by atoms with Crippen molar-refractivity contribution in [1.82, 2.24) is 4.98 Å². The van der Waals surface area contributed by atoms with Crippen LogP contribution in [0.3, 0.4) is 0 Å². The fourth-order valence-electron chi connectivity index (χ4n) is 0.882. The zero-order valence-electron chi connectivity index (χ0n) is 8.10. The van der Waals surface area contributed by atoms with Gasteiger partial charge in [-0.1, -0.05) is 0 Å². The molecule has 1 aromatic heterocycles. The SMILES string of the molecule is Cc1cnc(SCCS(N)(=O)=O)c(Br)c1. The van der Waals surface area contributed by atoms with Crippen molar-refractivity contribution in [3.63, 3.8) is 0 Å². The summed E-state index contributed by atoms with van der Waals surface area (Å²) in [6, 6.07) is 1.94. The van der Waals surface area contributed by atoms with E-state index in [2.05, 4.69) is 20.9 Å². The minimum atomic E-state index is -3.38. The van der Waals surface area contributed by atoms with E-state index in [0.29, 0.717) is 5.75 Å². The predicted molar refractivity (Wildman–Crippen MR) is 65.4 cm³/mol. The first-order valence-electron chi connectivity index (χ1n) is 4.14. The monoisotopic (exact) mass is 310 g/mol. The maximum absolute atomic E-state index is 10.7. The summed E-state index contributed by atoms with van der Waals surface area (Å²) in [5.41, 5.74) is 1.05. The zero-order valence-corrected chi connectivity index (χ0v) is 11.3. The second-order valence-electron chi connectivity index (χ2n) is 3.02. The normalized spacial score (nSPS) is 11.7. The minimum absolute atomic E-state index is 0.0420. The Morgan fingerprint density at radius 1 is 1.60 bits per heavy atom. The summed E-state index contributed by atoms with van der Waals surface area (Å²) in [6.07, 6.45) is 1.74. The Morgan fingerprint density at radius 3 is 2.80 bits per heavy atom. The van der Waals surface area contributed by atoms with Crippen LogP contribution >= 0.6 is 27.7 Å². The number of aromatic nitrogens is 1. The molecule has 2 N–H and O–H groups in total. The van der Waals surface area contributed by atoms with Gasteiger partial charge in [-0.15, -0.1) is 11.8 Å². The van der Waals surface area contributed by atoms with Crippen LogP contribution in [0.5, 0.6) is 0 Å². The summed E-state index contributed by atoms with van der Waals surface area (Å²) in [5.74, 6) is 0.368. The predicted octanol–water partition coefficient (Wildman–Crippen LogP) is 1.53. The average molecular weight is 311 g/mol. The lowest BCUT2D eigenvalue weighted by Crippen LogP contribution is -2.17. The van der Waals surface area contributed by atoms with Gasteiger partial charge in [-0.05, 0) is 34.5 Å². The van der Waals surface area contributed by atoms with Crippen molar-refractivity contribution in [2.75, 3.05) is 11.5 Å². The summed E-state index contributed by atoms with van der Waals surface area (Å²) in [4.78, 5) is 4.18. The van der Waals surface area contributed by atoms with Crippen molar-refractivity contribution >= 4 is 37.7 Å². The molecule has 0 bridgehead atoms. The number of hydrogen-bond donors (Lipinski definition) is 1. The third kappa shape index (κ3) is 4.96. The summed E-state index contributed by atoms with van der Waals surface area (Å²) in [5, 5.41) is 5.67. The minimum Gasteiger partial charge on any atom is -0.248 e. The quantitative estimate of drug-likeness (QED) is 0.856. The van der Waals surface area contributed by atoms with Gasteiger partial charge in [0.15, 0.2) is 0 Å². The van der Waals surface area contributed by atoms with Gasteiger partial charge in [0.1, 0.15) is 5.03 Å². The molecule has 7 heteroatoms. The highest BCUT2D eigenvalue weighted by Gasteiger charge is 2.06. The molecule has 1 rings (SSSR count). The molecule has 0 spiro atoms. The molecule has 0 saturated carbocycles. The fourth-order valence-corrected chi connectivity index (χ4v) is 3.47. The van der Waals surface area contributed by atoms with E-state index in [4.69, 9.17) is 5.14 Å². The van der Waals surface area contributed by atoms with Gasteiger partial charge in [-0.3, -0.25) is 0 Å². The van der Waals surface area contributed by atoms with Gasteiger partial charge in [0.25, 0.3) is 0 Å². The van der Waals surface area contributed by atoms with Gasteiger partial charge >= 0.3 is 0 Å². The first kappa shape index (κ1) is 13.0. The molecule has 1 heterocycles. The highest BCUT2D eigenvalue weighted by Crippen LogP contribution is 2.25. The number of nitrogens with zero attached hydrogens (tertiary/aromatic N) is 1. The maximum atomic E-state index is 10.7. The molecule has 15 heavy (non-hydrogen) atoms. The number of nitrogens with two attached hydrogens (primary N) is 1. The second kappa shape index (κ2) is 5.29. The number of sulfonamides is 1. The van der Waals surface area contributed by atoms with Gasteiger partial charge < -0.3 is 0 Å². The van der Waals surface area contributed by atoms with Gasteiger partial charge in [0.05, 0.1) is 10.2 Å². The molecular formula is C8H11BrN2O2S2. The highest BCUT2D eigenvalue weighted by atomic mass is 79.9. The van der Waals surface area contributed by atoms with Crippen molar-refractivity contribution in [3.05, 3.63) is 22.3 Å². The van der Waals surface area contributed by atoms with Crippen molar-refractivity contribution in [3.8, 4) is 0 Å². The summed E-state index contributed by atoms with van der Waals surface area (Å²) in [7, 11) is -3.38. The second-order valence-corrected chi connectivity index (χ2v) is 6.69. The highest BCUT2D eigenvalue weighted by molar-refractivity contribution is 9.10. The van der Waals surface area contributed by atoms with Crippen LogP contribution in [-0.2, 0) is 10.0 Å². The van der Waals surface area contributed by atoms with Crippen LogP contribution in [0.1, 0.15) is 5.56 Å². The van der Waals surface area contributed by atoms with Crippen LogP contribution in [0.4, 0.5) is 0 Å². The van der Waals surface area contributed by atoms with E-state index in [1.165, 1.54) is 11.8 Å². The number of thioether (sulfide) groups is 1. The van der Waals surface area contributed by atoms with E-state index in [0.717, 1.165) is 15.1 Å². The third-order valence-corrected chi connectivity index (χ3v) is 4.46. The zero-order chi connectivity index (χ0) is 11.5. The Balaban J connectivity index is 2.59. The smallest absolute Gasteiger partial charge is 0.209 e. The molecule has 0 unspecified atom stereocenters. The Kier molecular flexibility index (Phi) is 4.57. The van der Waals surface area contributed by atoms with E-state index in [9.17, 15) is 8.42 Å². The Hall–Kier alpha value is -0.110. The van der Waals surface area contributed by atoms with Gasteiger partial charge in [0, 0.05) is 11.9 Å². The Morgan fingerprint density at radius 2 is 2.27 bits per heavy atom.